The minimum absolute atomic E-state index is 0.0366. The second kappa shape index (κ2) is 7.09. The van der Waals surface area contributed by atoms with Gasteiger partial charge in [0, 0.05) is 12.6 Å². The highest BCUT2D eigenvalue weighted by Gasteiger charge is 2.28. The zero-order valence-electron chi connectivity index (χ0n) is 11.6. The molecule has 0 radical (unpaired) electrons. The number of aliphatic carboxylic acids is 2. The lowest BCUT2D eigenvalue weighted by molar-refractivity contribution is -0.145. The van der Waals surface area contributed by atoms with Gasteiger partial charge in [-0.25, -0.2) is 9.59 Å². The van der Waals surface area contributed by atoms with E-state index >= 15 is 0 Å². The number of hydrogen-bond acceptors (Lipinski definition) is 4. The Bertz CT molecular complexity index is 387. The molecule has 0 saturated carbocycles. The Morgan fingerprint density at radius 1 is 1.35 bits per heavy atom. The minimum Gasteiger partial charge on any atom is -0.481 e. The van der Waals surface area contributed by atoms with Gasteiger partial charge in [-0.1, -0.05) is 6.92 Å². The van der Waals surface area contributed by atoms with Crippen LogP contribution in [0.3, 0.4) is 0 Å². The normalized spacial score (nSPS) is 24.7. The molecule has 114 valence electrons. The third-order valence-corrected chi connectivity index (χ3v) is 3.41. The Morgan fingerprint density at radius 3 is 2.50 bits per heavy atom. The molecule has 2 amide bonds. The van der Waals surface area contributed by atoms with E-state index in [0.29, 0.717) is 0 Å². The number of carboxylic acids is 2. The fraction of sp³-hybridized carbons (Fsp3) is 0.750. The molecule has 1 fully saturated rings. The van der Waals surface area contributed by atoms with Crippen LogP contribution in [-0.2, 0) is 9.59 Å². The van der Waals surface area contributed by atoms with E-state index in [-0.39, 0.29) is 12.0 Å². The van der Waals surface area contributed by atoms with E-state index in [2.05, 4.69) is 15.5 Å². The number of amides is 2. The number of nitrogens with one attached hydrogen (secondary N) is 2. The number of piperidine rings is 1. The van der Waals surface area contributed by atoms with Crippen LogP contribution in [0, 0.1) is 5.92 Å². The molecule has 1 aliphatic heterocycles. The summed E-state index contributed by atoms with van der Waals surface area (Å²) in [6.45, 7) is 3.71. The lowest BCUT2D eigenvalue weighted by Crippen LogP contribution is -2.54. The summed E-state index contributed by atoms with van der Waals surface area (Å²) in [5, 5.41) is 22.3. The minimum atomic E-state index is -1.42. The highest BCUT2D eigenvalue weighted by Crippen LogP contribution is 2.15. The van der Waals surface area contributed by atoms with Gasteiger partial charge in [-0.15, -0.1) is 0 Å². The van der Waals surface area contributed by atoms with Crippen LogP contribution in [-0.4, -0.2) is 65.3 Å². The molecule has 4 N–H and O–H groups in total. The average molecular weight is 287 g/mol. The first-order chi connectivity index (χ1) is 9.29. The van der Waals surface area contributed by atoms with Gasteiger partial charge in [0.25, 0.3) is 0 Å². The van der Waals surface area contributed by atoms with E-state index in [4.69, 9.17) is 10.2 Å². The lowest BCUT2D eigenvalue weighted by atomic mass is 9.94. The SMILES string of the molecule is CC1CN(C)CCC1NC(=O)N[C@H](CC(=O)O)C(=O)O. The van der Waals surface area contributed by atoms with Gasteiger partial charge in [-0.05, 0) is 25.9 Å². The molecule has 0 aromatic carbocycles. The van der Waals surface area contributed by atoms with Gasteiger partial charge in [-0.3, -0.25) is 4.79 Å². The number of hydrogen-bond donors (Lipinski definition) is 4. The van der Waals surface area contributed by atoms with Crippen LogP contribution in [0.25, 0.3) is 0 Å². The molecule has 1 aliphatic rings. The summed E-state index contributed by atoms with van der Waals surface area (Å²) in [5.41, 5.74) is 0. The van der Waals surface area contributed by atoms with Gasteiger partial charge in [0.05, 0.1) is 6.42 Å². The van der Waals surface area contributed by atoms with Gasteiger partial charge in [0.15, 0.2) is 0 Å². The van der Waals surface area contributed by atoms with E-state index < -0.39 is 30.4 Å². The van der Waals surface area contributed by atoms with E-state index in [1.54, 1.807) is 0 Å². The summed E-state index contributed by atoms with van der Waals surface area (Å²) < 4.78 is 0. The standard InChI is InChI=1S/C12H21N3O5/c1-7-6-15(2)4-3-8(7)13-12(20)14-9(11(18)19)5-10(16)17/h7-9H,3-6H2,1-2H3,(H,16,17)(H,18,19)(H2,13,14,20)/t7?,8?,9-/m1/s1. The van der Waals surface area contributed by atoms with E-state index in [9.17, 15) is 14.4 Å². The number of nitrogens with zero attached hydrogens (tertiary/aromatic N) is 1. The molecule has 0 aromatic heterocycles. The zero-order valence-corrected chi connectivity index (χ0v) is 11.6. The van der Waals surface area contributed by atoms with E-state index in [1.807, 2.05) is 14.0 Å². The summed E-state index contributed by atoms with van der Waals surface area (Å²) in [6, 6.07) is -2.10. The zero-order chi connectivity index (χ0) is 15.3. The first kappa shape index (κ1) is 16.2. The van der Waals surface area contributed by atoms with Gasteiger partial charge < -0.3 is 25.7 Å². The van der Waals surface area contributed by atoms with E-state index in [1.165, 1.54) is 0 Å². The molecule has 1 rings (SSSR count). The molecular weight excluding hydrogens is 266 g/mol. The van der Waals surface area contributed by atoms with Crippen LogP contribution in [0.2, 0.25) is 0 Å². The molecule has 0 aromatic rings. The first-order valence-electron chi connectivity index (χ1n) is 6.49. The van der Waals surface area contributed by atoms with Crippen molar-refractivity contribution in [3.05, 3.63) is 0 Å². The van der Waals surface area contributed by atoms with Gasteiger partial charge >= 0.3 is 18.0 Å². The Morgan fingerprint density at radius 2 is 2.00 bits per heavy atom. The third-order valence-electron chi connectivity index (χ3n) is 3.41. The van der Waals surface area contributed by atoms with Crippen molar-refractivity contribution >= 4 is 18.0 Å². The molecular formula is C12H21N3O5. The number of likely N-dealkylation sites (tertiary alicyclic amines) is 1. The monoisotopic (exact) mass is 287 g/mol. The fourth-order valence-corrected chi connectivity index (χ4v) is 2.31. The van der Waals surface area contributed by atoms with Crippen LogP contribution in [0.1, 0.15) is 19.8 Å². The highest BCUT2D eigenvalue weighted by molar-refractivity contribution is 5.86. The maximum absolute atomic E-state index is 11.7. The Balaban J connectivity index is 2.49. The predicted octanol–water partition coefficient (Wildman–Crippen LogP) is -0.446. The largest absolute Gasteiger partial charge is 0.481 e. The summed E-state index contributed by atoms with van der Waals surface area (Å²) >= 11 is 0. The molecule has 2 unspecified atom stereocenters. The van der Waals surface area contributed by atoms with E-state index in [0.717, 1.165) is 19.5 Å². The molecule has 3 atom stereocenters. The molecule has 8 nitrogen and oxygen atoms in total. The summed E-state index contributed by atoms with van der Waals surface area (Å²) in [7, 11) is 2.00. The second-order valence-electron chi connectivity index (χ2n) is 5.24. The number of rotatable bonds is 5. The quantitative estimate of drug-likeness (QED) is 0.544. The maximum Gasteiger partial charge on any atom is 0.326 e. The molecule has 1 saturated heterocycles. The van der Waals surface area contributed by atoms with Crippen molar-refractivity contribution in [2.75, 3.05) is 20.1 Å². The number of carbonyl (C=O) groups excluding carboxylic acids is 1. The van der Waals surface area contributed by atoms with Crippen molar-refractivity contribution < 1.29 is 24.6 Å². The summed E-state index contributed by atoms with van der Waals surface area (Å²) in [6.07, 6.45) is 0.132. The molecule has 0 aliphatic carbocycles. The van der Waals surface area contributed by atoms with Crippen molar-refractivity contribution in [3.63, 3.8) is 0 Å². The van der Waals surface area contributed by atoms with Crippen LogP contribution in [0.5, 0.6) is 0 Å². The lowest BCUT2D eigenvalue weighted by Gasteiger charge is -2.35. The molecule has 0 bridgehead atoms. The van der Waals surface area contributed by atoms with Gasteiger partial charge in [0.1, 0.15) is 6.04 Å². The van der Waals surface area contributed by atoms with Crippen LogP contribution >= 0.6 is 0 Å². The first-order valence-corrected chi connectivity index (χ1v) is 6.49. The Kier molecular flexibility index (Phi) is 5.75. The smallest absolute Gasteiger partial charge is 0.326 e. The summed E-state index contributed by atoms with van der Waals surface area (Å²) in [4.78, 5) is 35.3. The summed E-state index contributed by atoms with van der Waals surface area (Å²) in [5.74, 6) is -2.38. The van der Waals surface area contributed by atoms with Gasteiger partial charge in [-0.2, -0.15) is 0 Å². The molecule has 20 heavy (non-hydrogen) atoms. The fourth-order valence-electron chi connectivity index (χ4n) is 2.31. The van der Waals surface area contributed by atoms with Crippen molar-refractivity contribution in [1.82, 2.24) is 15.5 Å². The average Bonchev–Trinajstić information content (AvgIpc) is 2.31. The topological polar surface area (TPSA) is 119 Å². The predicted molar refractivity (Wildman–Crippen MR) is 70.4 cm³/mol. The van der Waals surface area contributed by atoms with Gasteiger partial charge in [0.2, 0.25) is 0 Å². The number of urea groups is 1. The number of carboxylic acid groups (broad SMARTS) is 2. The molecule has 8 heteroatoms. The third kappa shape index (κ3) is 5.04. The van der Waals surface area contributed by atoms with Crippen molar-refractivity contribution in [2.45, 2.75) is 31.8 Å². The highest BCUT2D eigenvalue weighted by atomic mass is 16.4. The molecule has 1 heterocycles. The Labute approximate surface area is 117 Å². The molecule has 0 spiro atoms. The van der Waals surface area contributed by atoms with Crippen LogP contribution < -0.4 is 10.6 Å². The Hall–Kier alpha value is -1.83. The van der Waals surface area contributed by atoms with Crippen molar-refractivity contribution in [1.29, 1.82) is 0 Å². The van der Waals surface area contributed by atoms with Crippen LogP contribution in [0.4, 0.5) is 4.79 Å². The number of carbonyl (C=O) groups is 3. The maximum atomic E-state index is 11.7. The van der Waals surface area contributed by atoms with Crippen LogP contribution in [0.15, 0.2) is 0 Å². The second-order valence-corrected chi connectivity index (χ2v) is 5.24. The van der Waals surface area contributed by atoms with Crippen molar-refractivity contribution in [3.8, 4) is 0 Å². The van der Waals surface area contributed by atoms with Crippen molar-refractivity contribution in [2.24, 2.45) is 5.92 Å².